The lowest BCUT2D eigenvalue weighted by Gasteiger charge is -2.16. The molecule has 1 aliphatic rings. The summed E-state index contributed by atoms with van der Waals surface area (Å²) in [5, 5.41) is 9.85. The topological polar surface area (TPSA) is 49.8 Å². The molecule has 0 saturated carbocycles. The van der Waals surface area contributed by atoms with Crippen molar-refractivity contribution in [1.29, 1.82) is 0 Å². The summed E-state index contributed by atoms with van der Waals surface area (Å²) >= 11 is 0. The molecule has 1 fully saturated rings. The molecule has 4 nitrogen and oxygen atoms in total. The standard InChI is InChI=1S/C15H21NO3/c1-11-3-4-14(17)13(7-11)8-12-9-15(18)16(10-12)5-6-19-2/h3-4,7,12,17H,5-6,8-10H2,1-2H3/t12-/m0/s1. The van der Waals surface area contributed by atoms with Crippen LogP contribution in [0.1, 0.15) is 17.5 Å². The predicted octanol–water partition coefficient (Wildman–Crippen LogP) is 1.74. The summed E-state index contributed by atoms with van der Waals surface area (Å²) < 4.78 is 5.01. The molecule has 2 rings (SSSR count). The molecule has 0 radical (unpaired) electrons. The summed E-state index contributed by atoms with van der Waals surface area (Å²) in [6, 6.07) is 5.62. The van der Waals surface area contributed by atoms with E-state index in [1.165, 1.54) is 0 Å². The molecule has 1 aromatic carbocycles. The van der Waals surface area contributed by atoms with Crippen molar-refractivity contribution in [3.05, 3.63) is 29.3 Å². The van der Waals surface area contributed by atoms with Gasteiger partial charge in [-0.05, 0) is 30.9 Å². The highest BCUT2D eigenvalue weighted by Gasteiger charge is 2.29. The van der Waals surface area contributed by atoms with Crippen LogP contribution < -0.4 is 0 Å². The number of methoxy groups -OCH3 is 1. The second kappa shape index (κ2) is 6.06. The van der Waals surface area contributed by atoms with Crippen LogP contribution in [0, 0.1) is 12.8 Å². The molecule has 1 N–H and O–H groups in total. The third kappa shape index (κ3) is 3.47. The average Bonchev–Trinajstić information content (AvgIpc) is 2.72. The third-order valence-corrected chi connectivity index (χ3v) is 3.60. The first-order chi connectivity index (χ1) is 9.10. The monoisotopic (exact) mass is 263 g/mol. The van der Waals surface area contributed by atoms with Crippen LogP contribution in [0.4, 0.5) is 0 Å². The molecule has 0 bridgehead atoms. The third-order valence-electron chi connectivity index (χ3n) is 3.60. The molecule has 0 spiro atoms. The van der Waals surface area contributed by atoms with Gasteiger partial charge in [0, 0.05) is 26.6 Å². The van der Waals surface area contributed by atoms with Crippen molar-refractivity contribution in [3.8, 4) is 5.75 Å². The predicted molar refractivity (Wildman–Crippen MR) is 73.1 cm³/mol. The first kappa shape index (κ1) is 13.9. The minimum absolute atomic E-state index is 0.189. The number of likely N-dealkylation sites (tertiary alicyclic amines) is 1. The number of hydrogen-bond donors (Lipinski definition) is 1. The summed E-state index contributed by atoms with van der Waals surface area (Å²) in [4.78, 5) is 13.7. The molecule has 1 amide bonds. The fraction of sp³-hybridized carbons (Fsp3) is 0.533. The first-order valence-electron chi connectivity index (χ1n) is 6.65. The van der Waals surface area contributed by atoms with Gasteiger partial charge in [-0.2, -0.15) is 0 Å². The van der Waals surface area contributed by atoms with E-state index in [0.29, 0.717) is 25.3 Å². The van der Waals surface area contributed by atoms with Gasteiger partial charge in [-0.3, -0.25) is 4.79 Å². The summed E-state index contributed by atoms with van der Waals surface area (Å²) in [7, 11) is 1.64. The van der Waals surface area contributed by atoms with Crippen LogP contribution >= 0.6 is 0 Å². The zero-order chi connectivity index (χ0) is 13.8. The van der Waals surface area contributed by atoms with Crippen molar-refractivity contribution in [1.82, 2.24) is 4.90 Å². The first-order valence-corrected chi connectivity index (χ1v) is 6.65. The molecule has 104 valence electrons. The van der Waals surface area contributed by atoms with Gasteiger partial charge in [0.2, 0.25) is 5.91 Å². The molecule has 1 saturated heterocycles. The van der Waals surface area contributed by atoms with Crippen LogP contribution in [0.2, 0.25) is 0 Å². The van der Waals surface area contributed by atoms with Crippen LogP contribution in [0.3, 0.4) is 0 Å². The molecule has 1 aromatic rings. The van der Waals surface area contributed by atoms with E-state index in [9.17, 15) is 9.90 Å². The van der Waals surface area contributed by atoms with E-state index in [2.05, 4.69) is 0 Å². The van der Waals surface area contributed by atoms with Gasteiger partial charge in [0.1, 0.15) is 5.75 Å². The molecule has 1 heterocycles. The molecule has 1 atom stereocenters. The van der Waals surface area contributed by atoms with Gasteiger partial charge in [-0.15, -0.1) is 0 Å². The Hall–Kier alpha value is -1.55. The van der Waals surface area contributed by atoms with E-state index in [1.54, 1.807) is 13.2 Å². The Kier molecular flexibility index (Phi) is 4.43. The van der Waals surface area contributed by atoms with Gasteiger partial charge in [-0.25, -0.2) is 0 Å². The van der Waals surface area contributed by atoms with Gasteiger partial charge >= 0.3 is 0 Å². The Morgan fingerprint density at radius 2 is 2.26 bits per heavy atom. The fourth-order valence-corrected chi connectivity index (χ4v) is 2.60. The second-order valence-electron chi connectivity index (χ2n) is 5.24. The number of ether oxygens (including phenoxy) is 1. The highest BCUT2D eigenvalue weighted by molar-refractivity contribution is 5.78. The van der Waals surface area contributed by atoms with Gasteiger partial charge in [0.25, 0.3) is 0 Å². The van der Waals surface area contributed by atoms with Crippen molar-refractivity contribution < 1.29 is 14.6 Å². The lowest BCUT2D eigenvalue weighted by atomic mass is 9.97. The smallest absolute Gasteiger partial charge is 0.223 e. The van der Waals surface area contributed by atoms with Crippen molar-refractivity contribution in [3.63, 3.8) is 0 Å². The number of phenolic OH excluding ortho intramolecular Hbond substituents is 1. The zero-order valence-corrected chi connectivity index (χ0v) is 11.6. The number of benzene rings is 1. The molecule has 4 heteroatoms. The highest BCUT2D eigenvalue weighted by Crippen LogP contribution is 2.26. The lowest BCUT2D eigenvalue weighted by molar-refractivity contribution is -0.128. The van der Waals surface area contributed by atoms with Crippen LogP contribution in [-0.2, 0) is 16.0 Å². The number of aryl methyl sites for hydroxylation is 1. The Bertz CT molecular complexity index is 459. The van der Waals surface area contributed by atoms with E-state index in [0.717, 1.165) is 24.1 Å². The van der Waals surface area contributed by atoms with E-state index in [-0.39, 0.29) is 11.8 Å². The largest absolute Gasteiger partial charge is 0.508 e. The number of rotatable bonds is 5. The minimum Gasteiger partial charge on any atom is -0.508 e. The lowest BCUT2D eigenvalue weighted by Crippen LogP contribution is -2.28. The molecule has 0 aliphatic carbocycles. The fourth-order valence-electron chi connectivity index (χ4n) is 2.60. The van der Waals surface area contributed by atoms with Crippen molar-refractivity contribution in [2.45, 2.75) is 19.8 Å². The summed E-state index contributed by atoms with van der Waals surface area (Å²) in [5.41, 5.74) is 2.07. The van der Waals surface area contributed by atoms with E-state index < -0.39 is 0 Å². The van der Waals surface area contributed by atoms with E-state index in [1.807, 2.05) is 24.0 Å². The van der Waals surface area contributed by atoms with Crippen LogP contribution in [0.15, 0.2) is 18.2 Å². The maximum absolute atomic E-state index is 11.8. The highest BCUT2D eigenvalue weighted by atomic mass is 16.5. The quantitative estimate of drug-likeness (QED) is 0.880. The Labute approximate surface area is 114 Å². The Morgan fingerprint density at radius 1 is 1.47 bits per heavy atom. The summed E-state index contributed by atoms with van der Waals surface area (Å²) in [6.07, 6.45) is 1.32. The van der Waals surface area contributed by atoms with Gasteiger partial charge in [0.15, 0.2) is 0 Å². The Balaban J connectivity index is 1.97. The van der Waals surface area contributed by atoms with Crippen LogP contribution in [0.5, 0.6) is 5.75 Å². The molecule has 19 heavy (non-hydrogen) atoms. The number of carbonyl (C=O) groups is 1. The van der Waals surface area contributed by atoms with E-state index >= 15 is 0 Å². The van der Waals surface area contributed by atoms with Crippen LogP contribution in [-0.4, -0.2) is 42.7 Å². The van der Waals surface area contributed by atoms with Crippen molar-refractivity contribution >= 4 is 5.91 Å². The molecule has 0 aromatic heterocycles. The molecule has 0 unspecified atom stereocenters. The van der Waals surface area contributed by atoms with Gasteiger partial charge in [-0.1, -0.05) is 17.7 Å². The average molecular weight is 263 g/mol. The summed E-state index contributed by atoms with van der Waals surface area (Å²) in [5.74, 6) is 0.805. The molecule has 1 aliphatic heterocycles. The Morgan fingerprint density at radius 3 is 3.00 bits per heavy atom. The normalized spacial score (nSPS) is 19.2. The SMILES string of the molecule is COCCN1C[C@@H](Cc2cc(C)ccc2O)CC1=O. The van der Waals surface area contributed by atoms with E-state index in [4.69, 9.17) is 4.74 Å². The number of amides is 1. The van der Waals surface area contributed by atoms with Crippen molar-refractivity contribution in [2.24, 2.45) is 5.92 Å². The zero-order valence-electron chi connectivity index (χ0n) is 11.6. The second-order valence-corrected chi connectivity index (χ2v) is 5.24. The van der Waals surface area contributed by atoms with Crippen LogP contribution in [0.25, 0.3) is 0 Å². The van der Waals surface area contributed by atoms with Gasteiger partial charge < -0.3 is 14.7 Å². The minimum atomic E-state index is 0.189. The maximum Gasteiger partial charge on any atom is 0.223 e. The number of carbonyl (C=O) groups excluding carboxylic acids is 1. The summed E-state index contributed by atoms with van der Waals surface area (Å²) in [6.45, 7) is 4.00. The number of hydrogen-bond acceptors (Lipinski definition) is 3. The molecular weight excluding hydrogens is 242 g/mol. The van der Waals surface area contributed by atoms with Gasteiger partial charge in [0.05, 0.1) is 6.61 Å². The maximum atomic E-state index is 11.8. The number of nitrogens with zero attached hydrogens (tertiary/aromatic N) is 1. The number of aromatic hydroxyl groups is 1. The number of phenols is 1. The van der Waals surface area contributed by atoms with Crippen molar-refractivity contribution in [2.75, 3.05) is 26.8 Å². The molecular formula is C15H21NO3.